The van der Waals surface area contributed by atoms with Crippen molar-refractivity contribution in [3.05, 3.63) is 46.5 Å². The molecule has 2 aromatic heterocycles. The summed E-state index contributed by atoms with van der Waals surface area (Å²) >= 11 is 1.63. The van der Waals surface area contributed by atoms with Crippen molar-refractivity contribution in [3.8, 4) is 0 Å². The lowest BCUT2D eigenvalue weighted by atomic mass is 10.0. The molecular formula is C17H22N2O3S. The van der Waals surface area contributed by atoms with E-state index in [2.05, 4.69) is 19.2 Å². The van der Waals surface area contributed by atoms with Gasteiger partial charge < -0.3 is 14.6 Å². The number of hydrogen-bond acceptors (Lipinski definition) is 4. The third-order valence-corrected chi connectivity index (χ3v) is 4.37. The molecule has 0 aliphatic rings. The first kappa shape index (κ1) is 17.3. The van der Waals surface area contributed by atoms with Gasteiger partial charge in [-0.3, -0.25) is 9.59 Å². The summed E-state index contributed by atoms with van der Waals surface area (Å²) in [5.41, 5.74) is 0. The number of likely N-dealkylation sites (N-methyl/N-ethyl adjacent to an activating group) is 1. The molecule has 2 aromatic rings. The predicted molar refractivity (Wildman–Crippen MR) is 90.3 cm³/mol. The van der Waals surface area contributed by atoms with Crippen LogP contribution in [-0.2, 0) is 4.79 Å². The van der Waals surface area contributed by atoms with Crippen molar-refractivity contribution < 1.29 is 14.0 Å². The molecule has 1 atom stereocenters. The van der Waals surface area contributed by atoms with Crippen molar-refractivity contribution in [2.45, 2.75) is 26.3 Å². The van der Waals surface area contributed by atoms with E-state index in [4.69, 9.17) is 4.42 Å². The van der Waals surface area contributed by atoms with Crippen LogP contribution >= 0.6 is 11.3 Å². The van der Waals surface area contributed by atoms with E-state index in [1.165, 1.54) is 11.2 Å². The molecule has 2 amide bonds. The van der Waals surface area contributed by atoms with E-state index < -0.39 is 0 Å². The largest absolute Gasteiger partial charge is 0.459 e. The van der Waals surface area contributed by atoms with Crippen LogP contribution in [0, 0.1) is 5.92 Å². The number of nitrogens with zero attached hydrogens (tertiary/aromatic N) is 1. The number of thiophene rings is 1. The van der Waals surface area contributed by atoms with E-state index >= 15 is 0 Å². The Morgan fingerprint density at radius 3 is 2.65 bits per heavy atom. The Morgan fingerprint density at radius 1 is 1.30 bits per heavy atom. The summed E-state index contributed by atoms with van der Waals surface area (Å²) in [5, 5.41) is 5.03. The summed E-state index contributed by atoms with van der Waals surface area (Å²) in [6.45, 7) is 4.25. The normalized spacial score (nSPS) is 12.2. The van der Waals surface area contributed by atoms with E-state index in [-0.39, 0.29) is 30.2 Å². The van der Waals surface area contributed by atoms with Gasteiger partial charge in [0.25, 0.3) is 5.91 Å². The van der Waals surface area contributed by atoms with Gasteiger partial charge >= 0.3 is 0 Å². The topological polar surface area (TPSA) is 62.6 Å². The van der Waals surface area contributed by atoms with Gasteiger partial charge in [0.1, 0.15) is 0 Å². The van der Waals surface area contributed by atoms with Crippen LogP contribution in [0.5, 0.6) is 0 Å². The molecule has 0 aliphatic carbocycles. The van der Waals surface area contributed by atoms with Gasteiger partial charge in [-0.05, 0) is 35.9 Å². The monoisotopic (exact) mass is 334 g/mol. The number of carbonyl (C=O) groups is 2. The van der Waals surface area contributed by atoms with Crippen molar-refractivity contribution in [1.82, 2.24) is 10.2 Å². The first-order chi connectivity index (χ1) is 11.0. The number of furan rings is 1. The van der Waals surface area contributed by atoms with Gasteiger partial charge in [0, 0.05) is 11.9 Å². The maximum atomic E-state index is 12.3. The van der Waals surface area contributed by atoms with Gasteiger partial charge in [0.05, 0.1) is 18.8 Å². The molecule has 2 heterocycles. The Morgan fingerprint density at radius 2 is 2.09 bits per heavy atom. The number of amides is 2. The van der Waals surface area contributed by atoms with E-state index in [1.807, 2.05) is 17.5 Å². The third kappa shape index (κ3) is 4.96. The molecule has 0 aromatic carbocycles. The highest BCUT2D eigenvalue weighted by Crippen LogP contribution is 2.25. The number of carbonyl (C=O) groups excluding carboxylic acids is 2. The van der Waals surface area contributed by atoms with Crippen molar-refractivity contribution >= 4 is 23.2 Å². The molecule has 0 fully saturated rings. The van der Waals surface area contributed by atoms with Gasteiger partial charge in [0.15, 0.2) is 5.76 Å². The number of rotatable bonds is 7. The first-order valence-electron chi connectivity index (χ1n) is 7.59. The smallest absolute Gasteiger partial charge is 0.289 e. The highest BCUT2D eigenvalue weighted by atomic mass is 32.1. The molecule has 5 nitrogen and oxygen atoms in total. The lowest BCUT2D eigenvalue weighted by molar-refractivity contribution is -0.122. The van der Waals surface area contributed by atoms with E-state index in [0.717, 1.165) is 11.3 Å². The van der Waals surface area contributed by atoms with Gasteiger partial charge in [0.2, 0.25) is 5.91 Å². The summed E-state index contributed by atoms with van der Waals surface area (Å²) in [6, 6.07) is 7.22. The fourth-order valence-corrected chi connectivity index (χ4v) is 3.11. The zero-order valence-electron chi connectivity index (χ0n) is 13.6. The molecule has 0 radical (unpaired) electrons. The average molecular weight is 334 g/mol. The molecule has 2 rings (SSSR count). The zero-order valence-corrected chi connectivity index (χ0v) is 14.4. The molecule has 6 heteroatoms. The molecule has 0 aliphatic heterocycles. The minimum absolute atomic E-state index is 0.000492. The van der Waals surface area contributed by atoms with Crippen LogP contribution in [0.1, 0.15) is 41.7 Å². The summed E-state index contributed by atoms with van der Waals surface area (Å²) in [4.78, 5) is 26.9. The predicted octanol–water partition coefficient (Wildman–Crippen LogP) is 3.32. The van der Waals surface area contributed by atoms with E-state index in [0.29, 0.717) is 5.92 Å². The Labute approximate surface area is 140 Å². The standard InChI is InChI=1S/C17H22N2O3S/c1-12(2)10-13(15-7-5-9-23-15)18-16(20)11-19(3)17(21)14-6-4-8-22-14/h4-9,12-13H,10-11H2,1-3H3,(H,18,20)/t13-/m1/s1. The second-order valence-corrected chi connectivity index (χ2v) is 6.88. The molecule has 1 N–H and O–H groups in total. The minimum atomic E-state index is -0.304. The minimum Gasteiger partial charge on any atom is -0.459 e. The van der Waals surface area contributed by atoms with Crippen LogP contribution in [0.2, 0.25) is 0 Å². The molecule has 0 spiro atoms. The van der Waals surface area contributed by atoms with Gasteiger partial charge in [-0.1, -0.05) is 19.9 Å². The van der Waals surface area contributed by atoms with Crippen molar-refractivity contribution in [2.75, 3.05) is 13.6 Å². The Kier molecular flexibility index (Phi) is 5.98. The number of nitrogens with one attached hydrogen (secondary N) is 1. The average Bonchev–Trinajstić information content (AvgIpc) is 3.18. The second kappa shape index (κ2) is 7.97. The maximum Gasteiger partial charge on any atom is 0.289 e. The van der Waals surface area contributed by atoms with Gasteiger partial charge in [-0.15, -0.1) is 11.3 Å². The fraction of sp³-hybridized carbons (Fsp3) is 0.412. The third-order valence-electron chi connectivity index (χ3n) is 3.39. The highest BCUT2D eigenvalue weighted by Gasteiger charge is 2.21. The Balaban J connectivity index is 1.95. The highest BCUT2D eigenvalue weighted by molar-refractivity contribution is 7.10. The quantitative estimate of drug-likeness (QED) is 0.845. The van der Waals surface area contributed by atoms with Crippen LogP contribution < -0.4 is 5.32 Å². The summed E-state index contributed by atoms with van der Waals surface area (Å²) in [5.74, 6) is 0.218. The van der Waals surface area contributed by atoms with Gasteiger partial charge in [-0.25, -0.2) is 0 Å². The van der Waals surface area contributed by atoms with Crippen molar-refractivity contribution in [2.24, 2.45) is 5.92 Å². The number of hydrogen-bond donors (Lipinski definition) is 1. The first-order valence-corrected chi connectivity index (χ1v) is 8.47. The molecule has 23 heavy (non-hydrogen) atoms. The summed E-state index contributed by atoms with van der Waals surface area (Å²) in [6.07, 6.45) is 2.30. The van der Waals surface area contributed by atoms with Crippen LogP contribution in [0.3, 0.4) is 0 Å². The summed E-state index contributed by atoms with van der Waals surface area (Å²) in [7, 11) is 1.59. The van der Waals surface area contributed by atoms with Crippen LogP contribution in [0.15, 0.2) is 40.3 Å². The molecule has 0 saturated carbocycles. The summed E-state index contributed by atoms with van der Waals surface area (Å²) < 4.78 is 5.07. The molecule has 0 saturated heterocycles. The van der Waals surface area contributed by atoms with E-state index in [9.17, 15) is 9.59 Å². The Bertz CT molecular complexity index is 620. The molecule has 0 unspecified atom stereocenters. The van der Waals surface area contributed by atoms with E-state index in [1.54, 1.807) is 30.5 Å². The molecule has 0 bridgehead atoms. The lowest BCUT2D eigenvalue weighted by Crippen LogP contribution is -2.39. The molecule has 124 valence electrons. The SMILES string of the molecule is CC(C)C[C@@H](NC(=O)CN(C)C(=O)c1ccco1)c1cccs1. The second-order valence-electron chi connectivity index (χ2n) is 5.90. The van der Waals surface area contributed by atoms with Crippen LogP contribution in [0.25, 0.3) is 0 Å². The van der Waals surface area contributed by atoms with Crippen molar-refractivity contribution in [3.63, 3.8) is 0 Å². The van der Waals surface area contributed by atoms with Crippen LogP contribution in [0.4, 0.5) is 0 Å². The maximum absolute atomic E-state index is 12.3. The lowest BCUT2D eigenvalue weighted by Gasteiger charge is -2.22. The Hall–Kier alpha value is -2.08. The van der Waals surface area contributed by atoms with Crippen molar-refractivity contribution in [1.29, 1.82) is 0 Å². The molecular weight excluding hydrogens is 312 g/mol. The fourth-order valence-electron chi connectivity index (χ4n) is 2.32. The van der Waals surface area contributed by atoms with Gasteiger partial charge in [-0.2, -0.15) is 0 Å². The van der Waals surface area contributed by atoms with Crippen LogP contribution in [-0.4, -0.2) is 30.3 Å². The zero-order chi connectivity index (χ0) is 16.8.